The van der Waals surface area contributed by atoms with Gasteiger partial charge < -0.3 is 5.73 Å². The molecule has 1 aliphatic heterocycles. The van der Waals surface area contributed by atoms with E-state index in [9.17, 15) is 8.42 Å². The number of nitriles is 1. The molecular formula is C13H17N3O2S. The van der Waals surface area contributed by atoms with Crippen LogP contribution in [0.15, 0.2) is 18.2 Å². The van der Waals surface area contributed by atoms with Crippen molar-refractivity contribution in [3.05, 3.63) is 29.3 Å². The lowest BCUT2D eigenvalue weighted by atomic mass is 9.99. The minimum atomic E-state index is -3.55. The quantitative estimate of drug-likeness (QED) is 0.844. The Kier molecular flexibility index (Phi) is 3.78. The highest BCUT2D eigenvalue weighted by Crippen LogP contribution is 2.27. The molecule has 1 aromatic carbocycles. The first-order chi connectivity index (χ1) is 9.00. The maximum Gasteiger partial charge on any atom is 0.230 e. The number of hydrogen-bond acceptors (Lipinski definition) is 4. The minimum Gasteiger partial charge on any atom is -0.398 e. The second-order valence-corrected chi connectivity index (χ2v) is 6.75. The van der Waals surface area contributed by atoms with Crippen LogP contribution in [0.4, 0.5) is 5.69 Å². The summed E-state index contributed by atoms with van der Waals surface area (Å²) in [5.41, 5.74) is 8.56. The van der Waals surface area contributed by atoms with E-state index >= 15 is 0 Å². The van der Waals surface area contributed by atoms with E-state index < -0.39 is 15.3 Å². The van der Waals surface area contributed by atoms with Crippen LogP contribution in [-0.2, 0) is 23.0 Å². The van der Waals surface area contributed by atoms with Gasteiger partial charge in [-0.15, -0.1) is 0 Å². The first-order valence-corrected chi connectivity index (χ1v) is 7.75. The Morgan fingerprint density at radius 1 is 1.53 bits per heavy atom. The minimum absolute atomic E-state index is 0.305. The molecule has 0 aliphatic carbocycles. The maximum absolute atomic E-state index is 12.3. The van der Waals surface area contributed by atoms with Crippen LogP contribution >= 0.6 is 0 Å². The molecule has 5 nitrogen and oxygen atoms in total. The van der Waals surface area contributed by atoms with Gasteiger partial charge in [0.1, 0.15) is 0 Å². The molecule has 1 unspecified atom stereocenters. The van der Waals surface area contributed by atoms with Crippen LogP contribution in [0.25, 0.3) is 0 Å². The van der Waals surface area contributed by atoms with Crippen molar-refractivity contribution in [1.29, 1.82) is 5.26 Å². The van der Waals surface area contributed by atoms with Gasteiger partial charge in [-0.1, -0.05) is 19.1 Å². The Bertz CT molecular complexity index is 619. The number of fused-ring (bicyclic) bond motifs is 1. The molecule has 6 heteroatoms. The molecule has 2 N–H and O–H groups in total. The fourth-order valence-corrected chi connectivity index (χ4v) is 3.96. The maximum atomic E-state index is 12.3. The molecule has 1 heterocycles. The van der Waals surface area contributed by atoms with Crippen molar-refractivity contribution in [2.75, 3.05) is 12.3 Å². The fourth-order valence-electron chi connectivity index (χ4n) is 2.38. The summed E-state index contributed by atoms with van der Waals surface area (Å²) in [4.78, 5) is 0. The highest BCUT2D eigenvalue weighted by molar-refractivity contribution is 7.89. The smallest absolute Gasteiger partial charge is 0.230 e. The molecule has 0 saturated carbocycles. The summed E-state index contributed by atoms with van der Waals surface area (Å²) in [6.07, 6.45) is 0.905. The van der Waals surface area contributed by atoms with Crippen LogP contribution < -0.4 is 5.73 Å². The van der Waals surface area contributed by atoms with Crippen molar-refractivity contribution in [3.63, 3.8) is 0 Å². The first kappa shape index (κ1) is 13.8. The van der Waals surface area contributed by atoms with Gasteiger partial charge in [-0.05, 0) is 30.0 Å². The van der Waals surface area contributed by atoms with Gasteiger partial charge >= 0.3 is 0 Å². The molecule has 2 rings (SSSR count). The topological polar surface area (TPSA) is 87.2 Å². The Morgan fingerprint density at radius 2 is 2.26 bits per heavy atom. The van der Waals surface area contributed by atoms with E-state index in [0.717, 1.165) is 11.1 Å². The van der Waals surface area contributed by atoms with E-state index in [-0.39, 0.29) is 0 Å². The van der Waals surface area contributed by atoms with Crippen LogP contribution in [0, 0.1) is 11.3 Å². The Morgan fingerprint density at radius 3 is 2.89 bits per heavy atom. The molecule has 0 aromatic heterocycles. The SMILES string of the molecule is CCC(C#N)S(=O)(=O)N1CCc2c(N)cccc2C1. The Hall–Kier alpha value is -1.58. The van der Waals surface area contributed by atoms with Crippen molar-refractivity contribution in [2.45, 2.75) is 31.6 Å². The Balaban J connectivity index is 2.30. The van der Waals surface area contributed by atoms with Gasteiger partial charge in [-0.2, -0.15) is 9.57 Å². The predicted molar refractivity (Wildman–Crippen MR) is 73.6 cm³/mol. The van der Waals surface area contributed by atoms with Gasteiger partial charge in [0.2, 0.25) is 10.0 Å². The summed E-state index contributed by atoms with van der Waals surface area (Å²) in [7, 11) is -3.55. The molecule has 0 bridgehead atoms. The van der Waals surface area contributed by atoms with Crippen LogP contribution in [0.2, 0.25) is 0 Å². The highest BCUT2D eigenvalue weighted by Gasteiger charge is 2.33. The van der Waals surface area contributed by atoms with Gasteiger partial charge in [-0.3, -0.25) is 0 Å². The number of benzene rings is 1. The largest absolute Gasteiger partial charge is 0.398 e. The lowest BCUT2D eigenvalue weighted by Gasteiger charge is -2.30. The average molecular weight is 279 g/mol. The van der Waals surface area contributed by atoms with E-state index in [0.29, 0.717) is 31.6 Å². The highest BCUT2D eigenvalue weighted by atomic mass is 32.2. The van der Waals surface area contributed by atoms with Crippen molar-refractivity contribution in [3.8, 4) is 6.07 Å². The summed E-state index contributed by atoms with van der Waals surface area (Å²) in [5.74, 6) is 0. The third-order valence-electron chi connectivity index (χ3n) is 3.50. The van der Waals surface area contributed by atoms with E-state index in [1.807, 2.05) is 24.3 Å². The van der Waals surface area contributed by atoms with Crippen LogP contribution in [0.3, 0.4) is 0 Å². The predicted octanol–water partition coefficient (Wildman–Crippen LogP) is 1.26. The number of sulfonamides is 1. The van der Waals surface area contributed by atoms with Crippen molar-refractivity contribution < 1.29 is 8.42 Å². The normalized spacial score (nSPS) is 17.5. The van der Waals surface area contributed by atoms with Crippen molar-refractivity contribution in [1.82, 2.24) is 4.31 Å². The summed E-state index contributed by atoms with van der Waals surface area (Å²) in [6, 6.07) is 7.41. The van der Waals surface area contributed by atoms with Gasteiger partial charge in [0.15, 0.2) is 5.25 Å². The lowest BCUT2D eigenvalue weighted by molar-refractivity contribution is 0.388. The molecule has 0 spiro atoms. The summed E-state index contributed by atoms with van der Waals surface area (Å²) in [6.45, 7) is 2.41. The monoisotopic (exact) mass is 279 g/mol. The number of rotatable bonds is 3. The van der Waals surface area contributed by atoms with E-state index in [2.05, 4.69) is 0 Å². The third kappa shape index (κ3) is 2.44. The molecule has 0 fully saturated rings. The Labute approximate surface area is 113 Å². The zero-order valence-corrected chi connectivity index (χ0v) is 11.7. The summed E-state index contributed by atoms with van der Waals surface area (Å²) < 4.78 is 26.0. The fraction of sp³-hybridized carbons (Fsp3) is 0.462. The number of nitrogen functional groups attached to an aromatic ring is 1. The number of hydrogen-bond donors (Lipinski definition) is 1. The molecule has 1 aliphatic rings. The van der Waals surface area contributed by atoms with Crippen LogP contribution in [0.5, 0.6) is 0 Å². The van der Waals surface area contributed by atoms with E-state index in [1.54, 1.807) is 6.92 Å². The van der Waals surface area contributed by atoms with Crippen molar-refractivity contribution >= 4 is 15.7 Å². The second-order valence-electron chi connectivity index (χ2n) is 4.64. The number of nitrogens with zero attached hydrogens (tertiary/aromatic N) is 2. The second kappa shape index (κ2) is 5.19. The van der Waals surface area contributed by atoms with Crippen molar-refractivity contribution in [2.24, 2.45) is 0 Å². The molecule has 0 saturated heterocycles. The molecule has 0 amide bonds. The van der Waals surface area contributed by atoms with Gasteiger partial charge in [-0.25, -0.2) is 8.42 Å². The standard InChI is InChI=1S/C13H17N3O2S/c1-2-11(8-14)19(17,18)16-7-6-12-10(9-16)4-3-5-13(12)15/h3-5,11H,2,6-7,9,15H2,1H3. The van der Waals surface area contributed by atoms with Gasteiger partial charge in [0.05, 0.1) is 6.07 Å². The summed E-state index contributed by atoms with van der Waals surface area (Å²) >= 11 is 0. The molecule has 0 radical (unpaired) electrons. The van der Waals surface area contributed by atoms with E-state index in [4.69, 9.17) is 11.0 Å². The third-order valence-corrected chi connectivity index (χ3v) is 5.69. The van der Waals surface area contributed by atoms with E-state index in [1.165, 1.54) is 4.31 Å². The van der Waals surface area contributed by atoms with Gasteiger partial charge in [0.25, 0.3) is 0 Å². The number of nitrogens with two attached hydrogens (primary N) is 1. The molecule has 1 atom stereocenters. The number of anilines is 1. The van der Waals surface area contributed by atoms with Gasteiger partial charge in [0, 0.05) is 18.8 Å². The zero-order valence-electron chi connectivity index (χ0n) is 10.8. The molecular weight excluding hydrogens is 262 g/mol. The summed E-state index contributed by atoms with van der Waals surface area (Å²) in [5, 5.41) is 7.99. The van der Waals surface area contributed by atoms with Crippen LogP contribution in [-0.4, -0.2) is 24.5 Å². The zero-order chi connectivity index (χ0) is 14.0. The molecule has 1 aromatic rings. The molecule has 19 heavy (non-hydrogen) atoms. The first-order valence-electron chi connectivity index (χ1n) is 6.25. The molecule has 102 valence electrons. The average Bonchev–Trinajstić information content (AvgIpc) is 2.39. The lowest BCUT2D eigenvalue weighted by Crippen LogP contribution is -2.41. The van der Waals surface area contributed by atoms with Crippen LogP contribution in [0.1, 0.15) is 24.5 Å².